The Morgan fingerprint density at radius 2 is 2.13 bits per heavy atom. The van der Waals surface area contributed by atoms with Crippen molar-refractivity contribution in [3.05, 3.63) is 34.6 Å². The lowest BCUT2D eigenvalue weighted by Gasteiger charge is -2.04. The molecule has 0 aromatic heterocycles. The van der Waals surface area contributed by atoms with Gasteiger partial charge in [0, 0.05) is 0 Å². The average Bonchev–Trinajstić information content (AvgIpc) is 2.18. The number of nitrogens with one attached hydrogen (secondary N) is 1. The molecular formula is C10H9ClFNO2. The fourth-order valence-electron chi connectivity index (χ4n) is 0.971. The molecular weight excluding hydrogens is 221 g/mol. The number of carbonyl (C=O) groups is 2. The molecule has 0 spiro atoms. The minimum atomic E-state index is -0.560. The fraction of sp³-hybridized carbons (Fsp3) is 0.200. The number of carbonyl (C=O) groups excluding carboxylic acids is 2. The average molecular weight is 230 g/mol. The molecule has 0 unspecified atom stereocenters. The first-order valence-electron chi connectivity index (χ1n) is 4.23. The largest absolute Gasteiger partial charge is 0.345 e. The van der Waals surface area contributed by atoms with Crippen LogP contribution in [0.25, 0.3) is 0 Å². The Kier molecular flexibility index (Phi) is 3.80. The van der Waals surface area contributed by atoms with Gasteiger partial charge in [-0.3, -0.25) is 9.59 Å². The molecule has 1 amide bonds. The van der Waals surface area contributed by atoms with Gasteiger partial charge in [-0.2, -0.15) is 0 Å². The summed E-state index contributed by atoms with van der Waals surface area (Å²) in [6, 6.07) is 3.47. The van der Waals surface area contributed by atoms with Crippen LogP contribution in [0, 0.1) is 5.82 Å². The fourth-order valence-corrected chi connectivity index (χ4v) is 1.17. The molecule has 5 heteroatoms. The second-order valence-electron chi connectivity index (χ2n) is 3.01. The van der Waals surface area contributed by atoms with Gasteiger partial charge < -0.3 is 5.32 Å². The third kappa shape index (κ3) is 3.32. The number of halogens is 2. The van der Waals surface area contributed by atoms with E-state index in [1.807, 2.05) is 0 Å². The molecule has 0 fully saturated rings. The monoisotopic (exact) mass is 229 g/mol. The van der Waals surface area contributed by atoms with E-state index in [2.05, 4.69) is 5.32 Å². The van der Waals surface area contributed by atoms with Gasteiger partial charge in [0.1, 0.15) is 11.6 Å². The molecule has 15 heavy (non-hydrogen) atoms. The minimum absolute atomic E-state index is 0.0258. The second kappa shape index (κ2) is 4.89. The molecule has 3 nitrogen and oxygen atoms in total. The highest BCUT2D eigenvalue weighted by atomic mass is 35.5. The Labute approximate surface area is 91.2 Å². The van der Waals surface area contributed by atoms with Crippen LogP contribution in [0.4, 0.5) is 4.39 Å². The maximum atomic E-state index is 12.8. The molecule has 0 aliphatic heterocycles. The highest BCUT2D eigenvalue weighted by molar-refractivity contribution is 6.33. The van der Waals surface area contributed by atoms with Crippen LogP contribution in [0.15, 0.2) is 18.2 Å². The smallest absolute Gasteiger partial charge is 0.253 e. The van der Waals surface area contributed by atoms with Gasteiger partial charge >= 0.3 is 0 Å². The van der Waals surface area contributed by atoms with Gasteiger partial charge in [0.25, 0.3) is 5.91 Å². The van der Waals surface area contributed by atoms with Crippen molar-refractivity contribution in [2.75, 3.05) is 6.54 Å². The van der Waals surface area contributed by atoms with Crippen LogP contribution in [0.3, 0.4) is 0 Å². The number of rotatable bonds is 3. The van der Waals surface area contributed by atoms with Crippen LogP contribution in [0.1, 0.15) is 17.3 Å². The summed E-state index contributed by atoms with van der Waals surface area (Å²) in [6.07, 6.45) is 0. The molecule has 0 atom stereocenters. The molecule has 0 aliphatic rings. The van der Waals surface area contributed by atoms with Crippen molar-refractivity contribution in [2.24, 2.45) is 0 Å². The van der Waals surface area contributed by atoms with Crippen LogP contribution in [0.2, 0.25) is 5.02 Å². The third-order valence-electron chi connectivity index (χ3n) is 1.67. The van der Waals surface area contributed by atoms with Gasteiger partial charge in [0.15, 0.2) is 0 Å². The highest BCUT2D eigenvalue weighted by Crippen LogP contribution is 2.16. The van der Waals surface area contributed by atoms with Crippen molar-refractivity contribution in [1.29, 1.82) is 0 Å². The Balaban J connectivity index is 2.81. The summed E-state index contributed by atoms with van der Waals surface area (Å²) in [4.78, 5) is 22.0. The van der Waals surface area contributed by atoms with Crippen LogP contribution < -0.4 is 5.32 Å². The number of hydrogen-bond donors (Lipinski definition) is 1. The lowest BCUT2D eigenvalue weighted by molar-refractivity contribution is -0.116. The Morgan fingerprint density at radius 3 is 2.73 bits per heavy atom. The van der Waals surface area contributed by atoms with E-state index >= 15 is 0 Å². The zero-order valence-electron chi connectivity index (χ0n) is 8.01. The summed E-state index contributed by atoms with van der Waals surface area (Å²) >= 11 is 5.69. The topological polar surface area (TPSA) is 46.2 Å². The van der Waals surface area contributed by atoms with Crippen molar-refractivity contribution < 1.29 is 14.0 Å². The minimum Gasteiger partial charge on any atom is -0.345 e. The standard InChI is InChI=1S/C10H9ClFNO2/c1-6(14)5-13-10(15)8-4-7(12)2-3-9(8)11/h2-4H,5H2,1H3,(H,13,15). The Bertz CT molecular complexity index is 406. The van der Waals surface area contributed by atoms with E-state index in [4.69, 9.17) is 11.6 Å². The first-order chi connectivity index (χ1) is 7.00. The predicted octanol–water partition coefficient (Wildman–Crippen LogP) is 1.80. The van der Waals surface area contributed by atoms with E-state index in [9.17, 15) is 14.0 Å². The van der Waals surface area contributed by atoms with Crippen molar-refractivity contribution in [3.8, 4) is 0 Å². The van der Waals surface area contributed by atoms with E-state index in [1.54, 1.807) is 0 Å². The molecule has 0 aliphatic carbocycles. The number of benzene rings is 1. The predicted molar refractivity (Wildman–Crippen MR) is 54.4 cm³/mol. The summed E-state index contributed by atoms with van der Waals surface area (Å²) in [7, 11) is 0. The molecule has 1 aromatic rings. The van der Waals surface area contributed by atoms with Gasteiger partial charge in [-0.05, 0) is 25.1 Å². The number of ketones is 1. The van der Waals surface area contributed by atoms with Crippen LogP contribution in [-0.4, -0.2) is 18.2 Å². The molecule has 0 bridgehead atoms. The Hall–Kier alpha value is -1.42. The number of Topliss-reactive ketones (excluding diaryl/α,β-unsaturated/α-hetero) is 1. The first kappa shape index (κ1) is 11.7. The summed E-state index contributed by atoms with van der Waals surface area (Å²) in [5.41, 5.74) is 0.0258. The quantitative estimate of drug-likeness (QED) is 0.859. The SMILES string of the molecule is CC(=O)CNC(=O)c1cc(F)ccc1Cl. The van der Waals surface area contributed by atoms with Gasteiger partial charge in [-0.25, -0.2) is 4.39 Å². The summed E-state index contributed by atoms with van der Waals surface area (Å²) in [5, 5.41) is 2.48. The number of amides is 1. The zero-order chi connectivity index (χ0) is 11.4. The van der Waals surface area contributed by atoms with Crippen molar-refractivity contribution in [3.63, 3.8) is 0 Å². The second-order valence-corrected chi connectivity index (χ2v) is 3.42. The molecule has 0 saturated carbocycles. The molecule has 1 rings (SSSR count). The van der Waals surface area contributed by atoms with E-state index in [1.165, 1.54) is 13.0 Å². The third-order valence-corrected chi connectivity index (χ3v) is 2.00. The summed E-state index contributed by atoms with van der Waals surface area (Å²) in [5.74, 6) is -1.29. The highest BCUT2D eigenvalue weighted by Gasteiger charge is 2.11. The van der Waals surface area contributed by atoms with E-state index in [0.29, 0.717) is 0 Å². The Morgan fingerprint density at radius 1 is 1.47 bits per heavy atom. The molecule has 0 saturated heterocycles. The number of hydrogen-bond acceptors (Lipinski definition) is 2. The van der Waals surface area contributed by atoms with Gasteiger partial charge in [0.2, 0.25) is 0 Å². The van der Waals surface area contributed by atoms with E-state index < -0.39 is 11.7 Å². The maximum Gasteiger partial charge on any atom is 0.253 e. The molecule has 0 radical (unpaired) electrons. The summed E-state index contributed by atoms with van der Waals surface area (Å²) in [6.45, 7) is 1.25. The van der Waals surface area contributed by atoms with Crippen LogP contribution in [-0.2, 0) is 4.79 Å². The van der Waals surface area contributed by atoms with Crippen molar-refractivity contribution in [1.82, 2.24) is 5.32 Å². The normalized spacial score (nSPS) is 9.80. The molecule has 1 N–H and O–H groups in total. The lowest BCUT2D eigenvalue weighted by atomic mass is 10.2. The molecule has 0 heterocycles. The lowest BCUT2D eigenvalue weighted by Crippen LogP contribution is -2.28. The molecule has 80 valence electrons. The van der Waals surface area contributed by atoms with Gasteiger partial charge in [-0.15, -0.1) is 0 Å². The van der Waals surface area contributed by atoms with Gasteiger partial charge in [-0.1, -0.05) is 11.6 Å². The van der Waals surface area contributed by atoms with E-state index in [0.717, 1.165) is 12.1 Å². The van der Waals surface area contributed by atoms with Crippen LogP contribution in [0.5, 0.6) is 0 Å². The van der Waals surface area contributed by atoms with E-state index in [-0.39, 0.29) is 22.9 Å². The first-order valence-corrected chi connectivity index (χ1v) is 4.61. The summed E-state index contributed by atoms with van der Waals surface area (Å²) < 4.78 is 12.8. The van der Waals surface area contributed by atoms with Crippen molar-refractivity contribution in [2.45, 2.75) is 6.92 Å². The van der Waals surface area contributed by atoms with Gasteiger partial charge in [0.05, 0.1) is 17.1 Å². The maximum absolute atomic E-state index is 12.8. The zero-order valence-corrected chi connectivity index (χ0v) is 8.77. The molecule has 1 aromatic carbocycles. The van der Waals surface area contributed by atoms with Crippen molar-refractivity contribution >= 4 is 23.3 Å². The van der Waals surface area contributed by atoms with Crippen LogP contribution >= 0.6 is 11.6 Å².